The Bertz CT molecular complexity index is 897. The maximum absolute atomic E-state index is 13.1. The molecule has 33 heavy (non-hydrogen) atoms. The number of hydrogen-bond acceptors (Lipinski definition) is 5. The molecule has 2 amide bonds. The standard InChI is InChI=1S/C24H41N5O4/c1-4-5-15-28-22(25)21(23(32)27-24(28)33)29(16-17(2)3)20(31)14-13-19(30)26-18-11-9-7-6-8-10-12-18/h17-18H,4-16,25H2,1-3H3,(H,26,30)(H,27,32,33). The van der Waals surface area contributed by atoms with Gasteiger partial charge in [0.1, 0.15) is 5.82 Å². The Morgan fingerprint density at radius 2 is 1.76 bits per heavy atom. The van der Waals surface area contributed by atoms with Crippen LogP contribution in [0.5, 0.6) is 0 Å². The fourth-order valence-corrected chi connectivity index (χ4v) is 4.32. The van der Waals surface area contributed by atoms with Gasteiger partial charge in [-0.25, -0.2) is 4.79 Å². The molecular formula is C24H41N5O4. The van der Waals surface area contributed by atoms with Crippen molar-refractivity contribution in [3.8, 4) is 0 Å². The third-order valence-electron chi connectivity index (χ3n) is 6.10. The highest BCUT2D eigenvalue weighted by molar-refractivity contribution is 5.97. The SMILES string of the molecule is CCCCn1c(N)c(N(CC(C)C)C(=O)CCC(=O)NC2CCCCCCC2)c(=O)[nH]c1=O. The molecule has 9 heteroatoms. The average molecular weight is 464 g/mol. The van der Waals surface area contributed by atoms with Gasteiger partial charge in [0.25, 0.3) is 5.56 Å². The molecule has 0 bridgehead atoms. The van der Waals surface area contributed by atoms with E-state index in [2.05, 4.69) is 10.3 Å². The van der Waals surface area contributed by atoms with Gasteiger partial charge in [-0.2, -0.15) is 0 Å². The van der Waals surface area contributed by atoms with Crippen LogP contribution in [0, 0.1) is 5.92 Å². The van der Waals surface area contributed by atoms with E-state index in [1.807, 2.05) is 20.8 Å². The van der Waals surface area contributed by atoms with E-state index in [4.69, 9.17) is 5.73 Å². The number of rotatable bonds is 10. The third-order valence-corrected chi connectivity index (χ3v) is 6.10. The molecule has 0 saturated heterocycles. The second-order valence-electron chi connectivity index (χ2n) is 9.51. The van der Waals surface area contributed by atoms with Crippen LogP contribution in [0.15, 0.2) is 9.59 Å². The second kappa shape index (κ2) is 13.2. The smallest absolute Gasteiger partial charge is 0.330 e. The second-order valence-corrected chi connectivity index (χ2v) is 9.51. The quantitative estimate of drug-likeness (QED) is 0.491. The summed E-state index contributed by atoms with van der Waals surface area (Å²) in [5.74, 6) is -0.444. The van der Waals surface area contributed by atoms with E-state index < -0.39 is 11.2 Å². The van der Waals surface area contributed by atoms with Crippen LogP contribution in [0.4, 0.5) is 11.5 Å². The van der Waals surface area contributed by atoms with Crippen LogP contribution in [0.25, 0.3) is 0 Å². The highest BCUT2D eigenvalue weighted by atomic mass is 16.2. The Balaban J connectivity index is 2.14. The van der Waals surface area contributed by atoms with E-state index in [0.29, 0.717) is 6.54 Å². The molecule has 0 spiro atoms. The van der Waals surface area contributed by atoms with Gasteiger partial charge < -0.3 is 16.0 Å². The Labute approximate surface area is 196 Å². The van der Waals surface area contributed by atoms with Crippen LogP contribution in [0.3, 0.4) is 0 Å². The Morgan fingerprint density at radius 1 is 1.12 bits per heavy atom. The number of H-pyrrole nitrogens is 1. The number of nitrogens with two attached hydrogens (primary N) is 1. The first kappa shape index (κ1) is 26.7. The number of hydrogen-bond donors (Lipinski definition) is 3. The van der Waals surface area contributed by atoms with Crippen molar-refractivity contribution in [1.82, 2.24) is 14.9 Å². The minimum absolute atomic E-state index is 0.00910. The first-order chi connectivity index (χ1) is 15.7. The van der Waals surface area contributed by atoms with E-state index in [9.17, 15) is 19.2 Å². The van der Waals surface area contributed by atoms with Crippen molar-refractivity contribution in [3.63, 3.8) is 0 Å². The van der Waals surface area contributed by atoms with Crippen LogP contribution in [0.2, 0.25) is 0 Å². The molecule has 0 unspecified atom stereocenters. The van der Waals surface area contributed by atoms with Crippen molar-refractivity contribution in [2.75, 3.05) is 17.2 Å². The molecule has 0 atom stereocenters. The van der Waals surface area contributed by atoms with Gasteiger partial charge in [0.05, 0.1) is 0 Å². The summed E-state index contributed by atoms with van der Waals surface area (Å²) < 4.78 is 1.31. The molecule has 0 radical (unpaired) electrons. The molecule has 4 N–H and O–H groups in total. The topological polar surface area (TPSA) is 130 Å². The monoisotopic (exact) mass is 463 g/mol. The lowest BCUT2D eigenvalue weighted by Gasteiger charge is -2.26. The molecule has 0 aliphatic heterocycles. The van der Waals surface area contributed by atoms with Crippen LogP contribution in [-0.4, -0.2) is 34.0 Å². The number of anilines is 2. The molecule has 1 heterocycles. The zero-order chi connectivity index (χ0) is 24.4. The van der Waals surface area contributed by atoms with Crippen molar-refractivity contribution < 1.29 is 9.59 Å². The Hall–Kier alpha value is -2.58. The highest BCUT2D eigenvalue weighted by Crippen LogP contribution is 2.21. The summed E-state index contributed by atoms with van der Waals surface area (Å²) in [6, 6.07) is 0.167. The lowest BCUT2D eigenvalue weighted by molar-refractivity contribution is -0.125. The molecule has 1 aliphatic rings. The number of nitrogens with zero attached hydrogens (tertiary/aromatic N) is 2. The molecule has 0 aromatic carbocycles. The number of aromatic amines is 1. The molecule has 2 rings (SSSR count). The van der Waals surface area contributed by atoms with Gasteiger partial charge in [0.2, 0.25) is 11.8 Å². The summed E-state index contributed by atoms with van der Waals surface area (Å²) in [4.78, 5) is 54.2. The van der Waals surface area contributed by atoms with Gasteiger partial charge in [-0.3, -0.25) is 23.9 Å². The van der Waals surface area contributed by atoms with Crippen LogP contribution in [0.1, 0.15) is 91.4 Å². The van der Waals surface area contributed by atoms with Crippen LogP contribution in [-0.2, 0) is 16.1 Å². The molecule has 186 valence electrons. The third kappa shape index (κ3) is 8.05. The normalized spacial score (nSPS) is 15.2. The van der Waals surface area contributed by atoms with E-state index in [1.165, 1.54) is 28.7 Å². The molecule has 1 aromatic heterocycles. The highest BCUT2D eigenvalue weighted by Gasteiger charge is 2.25. The summed E-state index contributed by atoms with van der Waals surface area (Å²) in [6.07, 6.45) is 9.43. The fraction of sp³-hybridized carbons (Fsp3) is 0.750. The van der Waals surface area contributed by atoms with E-state index in [1.54, 1.807) is 0 Å². The molecule has 1 saturated carbocycles. The predicted molar refractivity (Wildman–Crippen MR) is 131 cm³/mol. The number of carbonyl (C=O) groups excluding carboxylic acids is 2. The first-order valence-corrected chi connectivity index (χ1v) is 12.5. The van der Waals surface area contributed by atoms with Crippen LogP contribution < -0.4 is 27.2 Å². The van der Waals surface area contributed by atoms with Crippen molar-refractivity contribution >= 4 is 23.3 Å². The van der Waals surface area contributed by atoms with Gasteiger partial charge in [-0.15, -0.1) is 0 Å². The number of nitrogen functional groups attached to an aromatic ring is 1. The van der Waals surface area contributed by atoms with Crippen molar-refractivity contribution in [2.24, 2.45) is 5.92 Å². The zero-order valence-electron chi connectivity index (χ0n) is 20.5. The van der Waals surface area contributed by atoms with Crippen molar-refractivity contribution in [3.05, 3.63) is 20.8 Å². The summed E-state index contributed by atoms with van der Waals surface area (Å²) in [7, 11) is 0. The van der Waals surface area contributed by atoms with Gasteiger partial charge in [0.15, 0.2) is 5.69 Å². The number of nitrogens with one attached hydrogen (secondary N) is 2. The minimum Gasteiger partial charge on any atom is -0.383 e. The van der Waals surface area contributed by atoms with Gasteiger partial charge in [0, 0.05) is 32.0 Å². The summed E-state index contributed by atoms with van der Waals surface area (Å²) in [5, 5.41) is 3.08. The Kier molecular flexibility index (Phi) is 10.7. The number of aromatic nitrogens is 2. The summed E-state index contributed by atoms with van der Waals surface area (Å²) in [5.41, 5.74) is 4.95. The van der Waals surface area contributed by atoms with Crippen molar-refractivity contribution in [1.29, 1.82) is 0 Å². The van der Waals surface area contributed by atoms with E-state index >= 15 is 0 Å². The number of unbranched alkanes of at least 4 members (excludes halogenated alkanes) is 1. The lowest BCUT2D eigenvalue weighted by Crippen LogP contribution is -2.43. The number of amides is 2. The molecule has 1 fully saturated rings. The van der Waals surface area contributed by atoms with Crippen LogP contribution >= 0.6 is 0 Å². The van der Waals surface area contributed by atoms with E-state index in [-0.39, 0.29) is 54.7 Å². The lowest BCUT2D eigenvalue weighted by atomic mass is 9.96. The van der Waals surface area contributed by atoms with Gasteiger partial charge in [-0.05, 0) is 25.2 Å². The molecule has 1 aromatic rings. The Morgan fingerprint density at radius 3 is 2.36 bits per heavy atom. The fourth-order valence-electron chi connectivity index (χ4n) is 4.32. The largest absolute Gasteiger partial charge is 0.383 e. The predicted octanol–water partition coefficient (Wildman–Crippen LogP) is 2.92. The summed E-state index contributed by atoms with van der Waals surface area (Å²) in [6.45, 7) is 6.48. The van der Waals surface area contributed by atoms with Gasteiger partial charge in [-0.1, -0.05) is 59.3 Å². The van der Waals surface area contributed by atoms with E-state index in [0.717, 1.165) is 38.5 Å². The first-order valence-electron chi connectivity index (χ1n) is 12.5. The number of carbonyl (C=O) groups is 2. The maximum Gasteiger partial charge on any atom is 0.330 e. The van der Waals surface area contributed by atoms with Crippen molar-refractivity contribution in [2.45, 2.75) is 104 Å². The minimum atomic E-state index is -0.682. The molecular weight excluding hydrogens is 422 g/mol. The van der Waals surface area contributed by atoms with Gasteiger partial charge >= 0.3 is 5.69 Å². The molecule has 1 aliphatic carbocycles. The zero-order valence-corrected chi connectivity index (χ0v) is 20.5. The molecule has 9 nitrogen and oxygen atoms in total. The maximum atomic E-state index is 13.1. The average Bonchev–Trinajstić information content (AvgIpc) is 2.72. The summed E-state index contributed by atoms with van der Waals surface area (Å²) >= 11 is 0.